The zero-order chi connectivity index (χ0) is 17.3. The standard InChI is InChI=1S/C14H14NO4S2.CH3.Hg/c1-11-3-7-13(8-4-11)20(16,17)15-21(18,19)14-9-5-12(2)6-10-14;;/h3-10H,1-2H3;1H3;/q-1;;+1. The SMILES string of the molecule is [CH3][Hg][N](S(=O)(=O)c1ccc(C)cc1)S(=O)(=O)c1ccc(C)cc1. The van der Waals surface area contributed by atoms with Gasteiger partial charge in [0, 0.05) is 0 Å². The Morgan fingerprint density at radius 2 is 1.00 bits per heavy atom. The third kappa shape index (κ3) is 3.84. The quantitative estimate of drug-likeness (QED) is 0.548. The van der Waals surface area contributed by atoms with Crippen LogP contribution in [-0.4, -0.2) is 18.3 Å². The van der Waals surface area contributed by atoms with Crippen molar-refractivity contribution in [2.24, 2.45) is 0 Å². The molecule has 0 saturated carbocycles. The van der Waals surface area contributed by atoms with Crippen LogP contribution in [0.3, 0.4) is 0 Å². The summed E-state index contributed by atoms with van der Waals surface area (Å²) in [4.78, 5) is 0.0290. The molecule has 0 saturated heterocycles. The second-order valence-corrected chi connectivity index (χ2v) is 17.7. The Hall–Kier alpha value is -0.765. The van der Waals surface area contributed by atoms with Crippen molar-refractivity contribution in [2.45, 2.75) is 28.1 Å². The molecule has 8 heteroatoms. The van der Waals surface area contributed by atoms with Gasteiger partial charge in [-0.3, -0.25) is 0 Å². The van der Waals surface area contributed by atoms with Crippen LogP contribution in [-0.2, 0) is 44.9 Å². The molecule has 0 aliphatic rings. The van der Waals surface area contributed by atoms with Crippen LogP contribution in [0.5, 0.6) is 0 Å². The molecule has 0 atom stereocenters. The van der Waals surface area contributed by atoms with Crippen molar-refractivity contribution >= 4 is 20.0 Å². The number of rotatable bonds is 5. The summed E-state index contributed by atoms with van der Waals surface area (Å²) in [7, 11) is -8.08. The predicted molar refractivity (Wildman–Crippen MR) is 84.4 cm³/mol. The van der Waals surface area contributed by atoms with Gasteiger partial charge in [0.15, 0.2) is 0 Å². The molecule has 23 heavy (non-hydrogen) atoms. The zero-order valence-corrected chi connectivity index (χ0v) is 20.4. The average molecular weight is 540 g/mol. The summed E-state index contributed by atoms with van der Waals surface area (Å²) in [5.41, 5.74) is 1.83. The molecule has 0 amide bonds. The molecule has 2 aromatic rings. The first-order valence-electron chi connectivity index (χ1n) is 7.11. The summed E-state index contributed by atoms with van der Waals surface area (Å²) in [6, 6.07) is 12.5. The number of nitrogens with zero attached hydrogens (tertiary/aromatic N) is 1. The Kier molecular flexibility index (Phi) is 5.66. The van der Waals surface area contributed by atoms with Gasteiger partial charge in [0.2, 0.25) is 0 Å². The second-order valence-electron chi connectivity index (χ2n) is 5.23. The van der Waals surface area contributed by atoms with Gasteiger partial charge in [-0.05, 0) is 0 Å². The van der Waals surface area contributed by atoms with E-state index in [4.69, 9.17) is 0 Å². The van der Waals surface area contributed by atoms with Crippen LogP contribution >= 0.6 is 0 Å². The fourth-order valence-corrected chi connectivity index (χ4v) is 17.2. The molecule has 0 unspecified atom stereocenters. The molecule has 0 aliphatic heterocycles. The first kappa shape index (κ1) is 18.6. The first-order chi connectivity index (χ1) is 10.7. The summed E-state index contributed by atoms with van der Waals surface area (Å²) < 4.78 is 53.5. The molecule has 0 radical (unpaired) electrons. The van der Waals surface area contributed by atoms with Crippen LogP contribution in [0.4, 0.5) is 0 Å². The summed E-state index contributed by atoms with van der Waals surface area (Å²) in [6.45, 7) is 3.69. The van der Waals surface area contributed by atoms with Crippen molar-refractivity contribution < 1.29 is 41.7 Å². The van der Waals surface area contributed by atoms with Gasteiger partial charge in [0.1, 0.15) is 0 Å². The van der Waals surface area contributed by atoms with Crippen molar-refractivity contribution in [2.75, 3.05) is 0 Å². The van der Waals surface area contributed by atoms with Gasteiger partial charge in [-0.25, -0.2) is 0 Å². The Balaban J connectivity index is 2.53. The molecule has 0 aromatic heterocycles. The molecule has 0 spiro atoms. The van der Waals surface area contributed by atoms with E-state index in [9.17, 15) is 16.8 Å². The van der Waals surface area contributed by atoms with Crippen LogP contribution in [0.15, 0.2) is 58.3 Å². The first-order valence-corrected chi connectivity index (χ1v) is 17.9. The van der Waals surface area contributed by atoms with E-state index in [1.54, 1.807) is 28.7 Å². The molecule has 0 aliphatic carbocycles. The molecule has 2 aromatic carbocycles. The van der Waals surface area contributed by atoms with Crippen LogP contribution < -0.4 is 0 Å². The van der Waals surface area contributed by atoms with E-state index in [-0.39, 0.29) is 9.79 Å². The summed E-state index contributed by atoms with van der Waals surface area (Å²) in [6.07, 6.45) is 0. The van der Waals surface area contributed by atoms with Gasteiger partial charge in [-0.1, -0.05) is 0 Å². The maximum atomic E-state index is 12.8. The Bertz CT molecular complexity index is 814. The predicted octanol–water partition coefficient (Wildman–Crippen LogP) is 2.73. The van der Waals surface area contributed by atoms with Crippen LogP contribution in [0, 0.1) is 13.8 Å². The van der Waals surface area contributed by atoms with Gasteiger partial charge >= 0.3 is 151 Å². The van der Waals surface area contributed by atoms with Gasteiger partial charge in [-0.15, -0.1) is 0 Å². The molecule has 120 valence electrons. The van der Waals surface area contributed by atoms with E-state index in [0.29, 0.717) is 0 Å². The minimum atomic E-state index is -4.04. The number of hydrogen-bond donors (Lipinski definition) is 0. The van der Waals surface area contributed by atoms with Gasteiger partial charge in [0.05, 0.1) is 0 Å². The van der Waals surface area contributed by atoms with Crippen LogP contribution in [0.2, 0.25) is 4.43 Å². The summed E-state index contributed by atoms with van der Waals surface area (Å²) >= 11 is -2.34. The molecular formula is C15H17HgNO4S2. The summed E-state index contributed by atoms with van der Waals surface area (Å²) in [5.74, 6) is 0. The van der Waals surface area contributed by atoms with E-state index in [1.807, 2.05) is 13.8 Å². The van der Waals surface area contributed by atoms with Gasteiger partial charge in [0.25, 0.3) is 0 Å². The van der Waals surface area contributed by atoms with Crippen molar-refractivity contribution in [3.63, 3.8) is 0 Å². The minimum absolute atomic E-state index is 0.0145. The van der Waals surface area contributed by atoms with Crippen molar-refractivity contribution in [1.29, 1.82) is 0 Å². The second kappa shape index (κ2) is 7.00. The van der Waals surface area contributed by atoms with Gasteiger partial charge in [-0.2, -0.15) is 0 Å². The Morgan fingerprint density at radius 3 is 1.26 bits per heavy atom. The van der Waals surface area contributed by atoms with E-state index < -0.39 is 44.9 Å². The van der Waals surface area contributed by atoms with Crippen LogP contribution in [0.25, 0.3) is 0 Å². The topological polar surface area (TPSA) is 71.5 Å². The van der Waals surface area contributed by atoms with Gasteiger partial charge < -0.3 is 0 Å². The molecule has 0 heterocycles. The molecular weight excluding hydrogens is 523 g/mol. The normalized spacial score (nSPS) is 12.2. The molecule has 5 nitrogen and oxygen atoms in total. The van der Waals surface area contributed by atoms with E-state index in [1.165, 1.54) is 24.3 Å². The fraction of sp³-hybridized carbons (Fsp3) is 0.200. The zero-order valence-electron chi connectivity index (χ0n) is 13.2. The van der Waals surface area contributed by atoms with Crippen molar-refractivity contribution in [3.8, 4) is 0 Å². The average Bonchev–Trinajstić information content (AvgIpc) is 2.48. The number of hydrogen-bond acceptors (Lipinski definition) is 4. The molecule has 2 rings (SSSR count). The monoisotopic (exact) mass is 541 g/mol. The fourth-order valence-electron chi connectivity index (χ4n) is 2.12. The maximum absolute atomic E-state index is 12.8. The van der Waals surface area contributed by atoms with E-state index >= 15 is 0 Å². The Labute approximate surface area is 150 Å². The number of aryl methyl sites for hydroxylation is 2. The van der Waals surface area contributed by atoms with Crippen molar-refractivity contribution in [3.05, 3.63) is 59.7 Å². The molecule has 0 N–H and O–H groups in total. The third-order valence-electron chi connectivity index (χ3n) is 3.43. The number of sulfonamides is 2. The summed E-state index contributed by atoms with van der Waals surface area (Å²) in [5, 5.41) is 0. The Morgan fingerprint density at radius 1 is 0.696 bits per heavy atom. The van der Waals surface area contributed by atoms with E-state index in [0.717, 1.165) is 12.6 Å². The molecule has 0 fully saturated rings. The molecule has 0 bridgehead atoms. The number of benzene rings is 2. The van der Waals surface area contributed by atoms with E-state index in [2.05, 4.69) is 0 Å². The van der Waals surface area contributed by atoms with Crippen molar-refractivity contribution in [1.82, 2.24) is 1.47 Å². The van der Waals surface area contributed by atoms with Crippen LogP contribution in [0.1, 0.15) is 11.1 Å². The third-order valence-corrected chi connectivity index (χ3v) is 21.9.